The van der Waals surface area contributed by atoms with E-state index >= 15 is 0 Å². The fourth-order valence-corrected chi connectivity index (χ4v) is 3.39. The molecule has 0 spiro atoms. The van der Waals surface area contributed by atoms with Crippen LogP contribution < -0.4 is 0 Å². The van der Waals surface area contributed by atoms with Crippen molar-refractivity contribution in [3.05, 3.63) is 0 Å². The number of likely N-dealkylation sites (N-methyl/N-ethyl adjacent to an activating group) is 1. The quantitative estimate of drug-likeness (QED) is 0.705. The number of nitrogens with zero attached hydrogens (tertiary/aromatic N) is 3. The Balaban J connectivity index is 1.81. The number of piperidine rings is 1. The van der Waals surface area contributed by atoms with E-state index in [1.807, 2.05) is 11.8 Å². The second kappa shape index (κ2) is 7.92. The van der Waals surface area contributed by atoms with Gasteiger partial charge < -0.3 is 14.5 Å². The summed E-state index contributed by atoms with van der Waals surface area (Å²) in [4.78, 5) is 30.8. The second-order valence-electron chi connectivity index (χ2n) is 6.27. The fourth-order valence-electron chi connectivity index (χ4n) is 3.39. The third-order valence-corrected chi connectivity index (χ3v) is 5.10. The normalized spacial score (nSPS) is 23.3. The third kappa shape index (κ3) is 3.98. The molecular formula is C16H29N3O3. The first-order valence-electron chi connectivity index (χ1n) is 8.39. The van der Waals surface area contributed by atoms with Gasteiger partial charge in [-0.25, -0.2) is 0 Å². The first-order valence-corrected chi connectivity index (χ1v) is 8.39. The molecule has 0 bridgehead atoms. The maximum absolute atomic E-state index is 12.6. The lowest BCUT2D eigenvalue weighted by Gasteiger charge is -2.39. The Kier molecular flexibility index (Phi) is 6.20. The van der Waals surface area contributed by atoms with Crippen LogP contribution in [-0.4, -0.2) is 85.5 Å². The molecule has 2 fully saturated rings. The zero-order chi connectivity index (χ0) is 16.1. The lowest BCUT2D eigenvalue weighted by molar-refractivity contribution is -0.147. The molecule has 2 saturated heterocycles. The van der Waals surface area contributed by atoms with Gasteiger partial charge >= 0.3 is 5.97 Å². The van der Waals surface area contributed by atoms with Crippen LogP contribution in [0.5, 0.6) is 0 Å². The lowest BCUT2D eigenvalue weighted by Crippen LogP contribution is -2.55. The summed E-state index contributed by atoms with van der Waals surface area (Å²) in [5.41, 5.74) is 0. The molecule has 1 unspecified atom stereocenters. The number of piperazine rings is 1. The Hall–Kier alpha value is -1.14. The number of carbonyl (C=O) groups is 2. The molecule has 0 radical (unpaired) electrons. The first kappa shape index (κ1) is 17.2. The van der Waals surface area contributed by atoms with Crippen LogP contribution in [0.2, 0.25) is 0 Å². The number of amides is 1. The van der Waals surface area contributed by atoms with Crippen molar-refractivity contribution >= 4 is 11.9 Å². The monoisotopic (exact) mass is 311 g/mol. The van der Waals surface area contributed by atoms with Gasteiger partial charge in [0.1, 0.15) is 0 Å². The molecular weight excluding hydrogens is 282 g/mol. The van der Waals surface area contributed by atoms with Gasteiger partial charge in [0.2, 0.25) is 5.91 Å². The summed E-state index contributed by atoms with van der Waals surface area (Å²) in [6.45, 7) is 10.4. The lowest BCUT2D eigenvalue weighted by atomic mass is 9.96. The van der Waals surface area contributed by atoms with Crippen LogP contribution in [0.1, 0.15) is 26.7 Å². The first-order chi connectivity index (χ1) is 10.6. The maximum atomic E-state index is 12.6. The highest BCUT2D eigenvalue weighted by molar-refractivity contribution is 5.81. The average Bonchev–Trinajstić information content (AvgIpc) is 2.60. The van der Waals surface area contributed by atoms with E-state index in [0.29, 0.717) is 0 Å². The van der Waals surface area contributed by atoms with Crippen molar-refractivity contribution in [3.63, 3.8) is 0 Å². The molecule has 2 aliphatic rings. The zero-order valence-corrected chi connectivity index (χ0v) is 14.1. The van der Waals surface area contributed by atoms with E-state index in [1.54, 1.807) is 0 Å². The van der Waals surface area contributed by atoms with Crippen LogP contribution in [0, 0.1) is 5.92 Å². The van der Waals surface area contributed by atoms with Crippen molar-refractivity contribution in [2.75, 3.05) is 52.9 Å². The molecule has 0 saturated carbocycles. The number of methoxy groups -OCH3 is 1. The van der Waals surface area contributed by atoms with Gasteiger partial charge in [-0.05, 0) is 39.4 Å². The third-order valence-electron chi connectivity index (χ3n) is 5.10. The number of likely N-dealkylation sites (tertiary alicyclic amines) is 1. The largest absolute Gasteiger partial charge is 0.469 e. The summed E-state index contributed by atoms with van der Waals surface area (Å²) in [6.07, 6.45) is 1.57. The standard InChI is InChI=1S/C16H29N3O3/c1-4-17-9-11-19(12-10-17)15(20)13(2)18-7-5-14(6-8-18)16(21)22-3/h13-14H,4-12H2,1-3H3. The van der Waals surface area contributed by atoms with E-state index < -0.39 is 0 Å². The summed E-state index contributed by atoms with van der Waals surface area (Å²) < 4.78 is 4.81. The van der Waals surface area contributed by atoms with Gasteiger partial charge in [-0.2, -0.15) is 0 Å². The van der Waals surface area contributed by atoms with Gasteiger partial charge in [-0.1, -0.05) is 6.92 Å². The Morgan fingerprint density at radius 2 is 1.68 bits per heavy atom. The van der Waals surface area contributed by atoms with Crippen LogP contribution in [0.15, 0.2) is 0 Å². The van der Waals surface area contributed by atoms with Gasteiger partial charge in [0.05, 0.1) is 19.1 Å². The summed E-state index contributed by atoms with van der Waals surface area (Å²) in [7, 11) is 1.44. The van der Waals surface area contributed by atoms with Crippen molar-refractivity contribution in [2.24, 2.45) is 5.92 Å². The molecule has 2 heterocycles. The molecule has 0 aliphatic carbocycles. The minimum atomic E-state index is -0.116. The molecule has 0 N–H and O–H groups in total. The predicted molar refractivity (Wildman–Crippen MR) is 84.5 cm³/mol. The molecule has 6 heteroatoms. The van der Waals surface area contributed by atoms with E-state index in [4.69, 9.17) is 4.74 Å². The maximum Gasteiger partial charge on any atom is 0.308 e. The molecule has 22 heavy (non-hydrogen) atoms. The van der Waals surface area contributed by atoms with E-state index in [0.717, 1.165) is 58.7 Å². The number of hydrogen-bond acceptors (Lipinski definition) is 5. The fraction of sp³-hybridized carbons (Fsp3) is 0.875. The molecule has 0 aromatic rings. The summed E-state index contributed by atoms with van der Waals surface area (Å²) in [5, 5.41) is 0. The summed E-state index contributed by atoms with van der Waals surface area (Å²) in [6, 6.07) is -0.0910. The summed E-state index contributed by atoms with van der Waals surface area (Å²) in [5.74, 6) is 0.109. The predicted octanol–water partition coefficient (Wildman–Crippen LogP) is 0.424. The molecule has 0 aromatic carbocycles. The van der Waals surface area contributed by atoms with Gasteiger partial charge in [-0.3, -0.25) is 14.5 Å². The number of rotatable bonds is 4. The number of esters is 1. The number of ether oxygens (including phenoxy) is 1. The van der Waals surface area contributed by atoms with Gasteiger partial charge in [0.25, 0.3) is 0 Å². The summed E-state index contributed by atoms with van der Waals surface area (Å²) >= 11 is 0. The van der Waals surface area contributed by atoms with Gasteiger partial charge in [0, 0.05) is 26.2 Å². The van der Waals surface area contributed by atoms with Crippen LogP contribution in [-0.2, 0) is 14.3 Å². The Morgan fingerprint density at radius 1 is 1.09 bits per heavy atom. The molecule has 126 valence electrons. The molecule has 1 amide bonds. The minimum absolute atomic E-state index is 0.00310. The SMILES string of the molecule is CCN1CCN(C(=O)C(C)N2CCC(C(=O)OC)CC2)CC1. The second-order valence-corrected chi connectivity index (χ2v) is 6.27. The van der Waals surface area contributed by atoms with Crippen molar-refractivity contribution in [3.8, 4) is 0 Å². The molecule has 6 nitrogen and oxygen atoms in total. The highest BCUT2D eigenvalue weighted by atomic mass is 16.5. The van der Waals surface area contributed by atoms with Crippen molar-refractivity contribution in [1.29, 1.82) is 0 Å². The number of hydrogen-bond donors (Lipinski definition) is 0. The average molecular weight is 311 g/mol. The van der Waals surface area contributed by atoms with Crippen LogP contribution in [0.25, 0.3) is 0 Å². The molecule has 2 aliphatic heterocycles. The Bertz CT molecular complexity index is 386. The smallest absolute Gasteiger partial charge is 0.308 e. The Labute approximate surface area is 133 Å². The molecule has 0 aromatic heterocycles. The van der Waals surface area contributed by atoms with Crippen molar-refractivity contribution in [2.45, 2.75) is 32.7 Å². The van der Waals surface area contributed by atoms with Crippen LogP contribution in [0.4, 0.5) is 0 Å². The van der Waals surface area contributed by atoms with E-state index in [2.05, 4.69) is 16.7 Å². The van der Waals surface area contributed by atoms with Crippen molar-refractivity contribution in [1.82, 2.24) is 14.7 Å². The minimum Gasteiger partial charge on any atom is -0.469 e. The van der Waals surface area contributed by atoms with E-state index in [1.165, 1.54) is 7.11 Å². The molecule has 1 atom stereocenters. The topological polar surface area (TPSA) is 53.1 Å². The highest BCUT2D eigenvalue weighted by Gasteiger charge is 2.32. The van der Waals surface area contributed by atoms with E-state index in [-0.39, 0.29) is 23.8 Å². The highest BCUT2D eigenvalue weighted by Crippen LogP contribution is 2.21. The Morgan fingerprint density at radius 3 is 2.18 bits per heavy atom. The van der Waals surface area contributed by atoms with Crippen LogP contribution >= 0.6 is 0 Å². The molecule has 2 rings (SSSR count). The number of carbonyl (C=O) groups excluding carboxylic acids is 2. The van der Waals surface area contributed by atoms with E-state index in [9.17, 15) is 9.59 Å². The zero-order valence-electron chi connectivity index (χ0n) is 14.1. The van der Waals surface area contributed by atoms with Gasteiger partial charge in [0.15, 0.2) is 0 Å². The van der Waals surface area contributed by atoms with Gasteiger partial charge in [-0.15, -0.1) is 0 Å². The van der Waals surface area contributed by atoms with Crippen LogP contribution in [0.3, 0.4) is 0 Å². The van der Waals surface area contributed by atoms with Crippen molar-refractivity contribution < 1.29 is 14.3 Å².